The van der Waals surface area contributed by atoms with Gasteiger partial charge in [-0.1, -0.05) is 141 Å². The summed E-state index contributed by atoms with van der Waals surface area (Å²) >= 11 is 1.78. The van der Waals surface area contributed by atoms with Gasteiger partial charge in [0.15, 0.2) is 5.82 Å². The van der Waals surface area contributed by atoms with Gasteiger partial charge in [-0.3, -0.25) is 0 Å². The van der Waals surface area contributed by atoms with Crippen LogP contribution in [0.15, 0.2) is 146 Å². The normalized spacial score (nSPS) is 14.7. The average Bonchev–Trinajstić information content (AvgIpc) is 3.68. The first-order valence-electron chi connectivity index (χ1n) is 17.5. The van der Waals surface area contributed by atoms with Gasteiger partial charge in [0.05, 0.1) is 15.9 Å². The Kier molecular flexibility index (Phi) is 6.63. The Hall–Kier alpha value is -5.38. The summed E-state index contributed by atoms with van der Waals surface area (Å²) in [5, 5.41) is 1.18. The van der Waals surface area contributed by atoms with E-state index < -0.39 is 0 Å². The smallest absolute Gasteiger partial charge is 0.160 e. The second-order valence-corrected chi connectivity index (χ2v) is 14.7. The summed E-state index contributed by atoms with van der Waals surface area (Å²) in [5.41, 5.74) is 15.2. The van der Waals surface area contributed by atoms with Crippen molar-refractivity contribution in [1.29, 1.82) is 0 Å². The third-order valence-corrected chi connectivity index (χ3v) is 12.1. The molecule has 0 bridgehead atoms. The molecule has 2 heterocycles. The predicted molar refractivity (Wildman–Crippen MR) is 206 cm³/mol. The number of nitrogens with zero attached hydrogens (tertiary/aromatic N) is 2. The SMILES string of the molecule is c1ccc(-c2nc(-c3cccc(-c4cccc(-c5ccc6c(c5)C5(CCCCC5)c5ccccc5-6)c4)c3)c3sc4ccccc4c3n2)cc1. The summed E-state index contributed by atoms with van der Waals surface area (Å²) in [6.07, 6.45) is 6.44. The molecule has 0 N–H and O–H groups in total. The Bertz CT molecular complexity index is 2540. The van der Waals surface area contributed by atoms with Gasteiger partial charge in [-0.25, -0.2) is 9.97 Å². The van der Waals surface area contributed by atoms with Crippen LogP contribution in [0.25, 0.3) is 76.3 Å². The van der Waals surface area contributed by atoms with E-state index in [1.54, 1.807) is 16.9 Å². The van der Waals surface area contributed by atoms with E-state index in [0.29, 0.717) is 0 Å². The van der Waals surface area contributed by atoms with Crippen LogP contribution in [0.1, 0.15) is 43.2 Å². The Morgan fingerprint density at radius 2 is 1.10 bits per heavy atom. The zero-order valence-electron chi connectivity index (χ0n) is 27.2. The fourth-order valence-electron chi connectivity index (χ4n) is 8.56. The van der Waals surface area contributed by atoms with Crippen molar-refractivity contribution in [2.45, 2.75) is 37.5 Å². The number of hydrogen-bond donors (Lipinski definition) is 0. The fourth-order valence-corrected chi connectivity index (χ4v) is 9.71. The van der Waals surface area contributed by atoms with Gasteiger partial charge in [0, 0.05) is 26.6 Å². The van der Waals surface area contributed by atoms with Gasteiger partial charge in [0.1, 0.15) is 0 Å². The van der Waals surface area contributed by atoms with Gasteiger partial charge in [-0.05, 0) is 81.6 Å². The first-order valence-corrected chi connectivity index (χ1v) is 18.3. The van der Waals surface area contributed by atoms with E-state index in [0.717, 1.165) is 32.9 Å². The molecule has 0 amide bonds. The molecule has 0 atom stereocenters. The second-order valence-electron chi connectivity index (χ2n) is 13.6. The molecule has 2 aliphatic carbocycles. The molecule has 3 heteroatoms. The highest BCUT2D eigenvalue weighted by Crippen LogP contribution is 2.56. The maximum absolute atomic E-state index is 5.23. The molecule has 49 heavy (non-hydrogen) atoms. The zero-order valence-corrected chi connectivity index (χ0v) is 28.0. The van der Waals surface area contributed by atoms with Crippen molar-refractivity contribution in [3.05, 3.63) is 157 Å². The molecule has 234 valence electrons. The largest absolute Gasteiger partial charge is 0.226 e. The van der Waals surface area contributed by atoms with E-state index in [1.165, 1.54) is 81.1 Å². The zero-order chi connectivity index (χ0) is 32.4. The minimum atomic E-state index is 0.153. The van der Waals surface area contributed by atoms with Gasteiger partial charge < -0.3 is 0 Å². The topological polar surface area (TPSA) is 25.8 Å². The van der Waals surface area contributed by atoms with Crippen molar-refractivity contribution in [2.75, 3.05) is 0 Å². The highest BCUT2D eigenvalue weighted by Gasteiger charge is 2.43. The molecule has 10 rings (SSSR count). The summed E-state index contributed by atoms with van der Waals surface area (Å²) < 4.78 is 2.36. The van der Waals surface area contributed by atoms with Crippen molar-refractivity contribution in [2.24, 2.45) is 0 Å². The number of benzene rings is 6. The molecule has 1 saturated carbocycles. The van der Waals surface area contributed by atoms with Crippen LogP contribution < -0.4 is 0 Å². The highest BCUT2D eigenvalue weighted by molar-refractivity contribution is 7.26. The summed E-state index contributed by atoms with van der Waals surface area (Å²) in [4.78, 5) is 10.3. The molecule has 0 unspecified atom stereocenters. The van der Waals surface area contributed by atoms with E-state index >= 15 is 0 Å². The quantitative estimate of drug-likeness (QED) is 0.190. The summed E-state index contributed by atoms with van der Waals surface area (Å²) in [6, 6.07) is 53.2. The van der Waals surface area contributed by atoms with E-state index in [1.807, 2.05) is 6.07 Å². The second kappa shape index (κ2) is 11.4. The van der Waals surface area contributed by atoms with Crippen LogP contribution in [0.5, 0.6) is 0 Å². The van der Waals surface area contributed by atoms with Gasteiger partial charge in [0.25, 0.3) is 0 Å². The molecule has 2 nitrogen and oxygen atoms in total. The maximum Gasteiger partial charge on any atom is 0.160 e. The Morgan fingerprint density at radius 3 is 1.92 bits per heavy atom. The highest BCUT2D eigenvalue weighted by atomic mass is 32.1. The lowest BCUT2D eigenvalue weighted by Crippen LogP contribution is -2.28. The van der Waals surface area contributed by atoms with Crippen molar-refractivity contribution < 1.29 is 0 Å². The standard InChI is InChI=1S/C46H34N2S/c1-3-13-30(14-4-1)45-47-42(44-43(48-45)38-20-6-8-22-41(38)49-44)35-18-12-17-33(28-35)31-15-11-16-32(27-31)34-23-24-37-36-19-5-7-21-39(36)46(40(37)29-34)25-9-2-10-26-46/h1,3-8,11-24,27-29H,2,9-10,25-26H2. The van der Waals surface area contributed by atoms with Crippen molar-refractivity contribution in [1.82, 2.24) is 9.97 Å². The lowest BCUT2D eigenvalue weighted by molar-refractivity contribution is 0.353. The van der Waals surface area contributed by atoms with Crippen LogP contribution in [-0.2, 0) is 5.41 Å². The number of fused-ring (bicyclic) bond motifs is 8. The van der Waals surface area contributed by atoms with E-state index in [4.69, 9.17) is 9.97 Å². The van der Waals surface area contributed by atoms with Gasteiger partial charge >= 0.3 is 0 Å². The van der Waals surface area contributed by atoms with Gasteiger partial charge in [0.2, 0.25) is 0 Å². The lowest BCUT2D eigenvalue weighted by atomic mass is 9.67. The molecule has 1 fully saturated rings. The van der Waals surface area contributed by atoms with Crippen molar-refractivity contribution >= 4 is 31.6 Å². The van der Waals surface area contributed by atoms with Crippen LogP contribution in [0.3, 0.4) is 0 Å². The number of hydrogen-bond acceptors (Lipinski definition) is 3. The number of aromatic nitrogens is 2. The van der Waals surface area contributed by atoms with Crippen LogP contribution in [0.2, 0.25) is 0 Å². The number of thiophene rings is 1. The molecule has 2 aliphatic rings. The van der Waals surface area contributed by atoms with Gasteiger partial charge in [-0.2, -0.15) is 0 Å². The van der Waals surface area contributed by atoms with Crippen molar-refractivity contribution in [3.63, 3.8) is 0 Å². The third kappa shape index (κ3) is 4.60. The van der Waals surface area contributed by atoms with Crippen molar-refractivity contribution in [3.8, 4) is 56.0 Å². The predicted octanol–water partition coefficient (Wildman–Crippen LogP) is 12.7. The Balaban J connectivity index is 1.07. The summed E-state index contributed by atoms with van der Waals surface area (Å²) in [7, 11) is 0. The van der Waals surface area contributed by atoms with Crippen LogP contribution >= 0.6 is 11.3 Å². The maximum atomic E-state index is 5.23. The number of rotatable bonds is 4. The average molecular weight is 647 g/mol. The molecule has 6 aromatic carbocycles. The van der Waals surface area contributed by atoms with Gasteiger partial charge in [-0.15, -0.1) is 11.3 Å². The summed E-state index contributed by atoms with van der Waals surface area (Å²) in [5.74, 6) is 0.758. The van der Waals surface area contributed by atoms with E-state index in [-0.39, 0.29) is 5.41 Å². The van der Waals surface area contributed by atoms with E-state index in [2.05, 4.69) is 140 Å². The van der Waals surface area contributed by atoms with Crippen LogP contribution in [0, 0.1) is 0 Å². The molecule has 0 aliphatic heterocycles. The fraction of sp³-hybridized carbons (Fsp3) is 0.130. The Morgan fingerprint density at radius 1 is 0.469 bits per heavy atom. The first kappa shape index (κ1) is 28.6. The molecule has 1 spiro atoms. The minimum Gasteiger partial charge on any atom is -0.226 e. The monoisotopic (exact) mass is 646 g/mol. The van der Waals surface area contributed by atoms with E-state index in [9.17, 15) is 0 Å². The molecule has 0 saturated heterocycles. The molecular formula is C46H34N2S. The lowest BCUT2D eigenvalue weighted by Gasteiger charge is -2.36. The molecular weight excluding hydrogens is 613 g/mol. The molecule has 8 aromatic rings. The summed E-state index contributed by atoms with van der Waals surface area (Å²) in [6.45, 7) is 0. The van der Waals surface area contributed by atoms with Crippen LogP contribution in [0.4, 0.5) is 0 Å². The minimum absolute atomic E-state index is 0.153. The molecule has 0 radical (unpaired) electrons. The molecule has 2 aromatic heterocycles. The first-order chi connectivity index (χ1) is 24.2. The van der Waals surface area contributed by atoms with Crippen LogP contribution in [-0.4, -0.2) is 9.97 Å². The Labute approximate surface area is 290 Å². The third-order valence-electron chi connectivity index (χ3n) is 10.9.